The van der Waals surface area contributed by atoms with Crippen LogP contribution in [0.15, 0.2) is 77.6 Å². The monoisotopic (exact) mass is 832 g/mol. The number of rotatable bonds is 4. The Labute approximate surface area is 336 Å². The Balaban J connectivity index is 0.000000255. The minimum Gasteiger partial charge on any atom is -0.267 e. The molecule has 0 atom stereocenters. The molecule has 0 unspecified atom stereocenters. The average Bonchev–Trinajstić information content (AvgIpc) is 3.01. The topological polar surface area (TPSA) is 60.7 Å². The number of aromatic nitrogens is 4. The van der Waals surface area contributed by atoms with Gasteiger partial charge in [0, 0.05) is 78.0 Å². The van der Waals surface area contributed by atoms with Crippen molar-refractivity contribution in [2.45, 2.75) is 27.7 Å². The van der Waals surface area contributed by atoms with Crippen molar-refractivity contribution in [2.24, 2.45) is 7.05 Å². The molecule has 2 heterocycles. The predicted molar refractivity (Wildman–Crippen MR) is 175 cm³/mol. The van der Waals surface area contributed by atoms with Crippen LogP contribution in [0.5, 0.6) is 0 Å². The van der Waals surface area contributed by atoms with Gasteiger partial charge in [-0.05, 0) is 74.2 Å². The van der Waals surface area contributed by atoms with Crippen LogP contribution < -0.4 is 5.56 Å². The van der Waals surface area contributed by atoms with Crippen molar-refractivity contribution < 1.29 is 83.0 Å². The summed E-state index contributed by atoms with van der Waals surface area (Å²) in [5.41, 5.74) is 3.50. The molecule has 6 rings (SSSR count). The van der Waals surface area contributed by atoms with E-state index in [0.29, 0.717) is 39.2 Å². The van der Waals surface area contributed by atoms with Crippen molar-refractivity contribution in [2.75, 3.05) is 0 Å². The molecule has 5 nitrogen and oxygen atoms in total. The number of benzene rings is 4. The van der Waals surface area contributed by atoms with Crippen molar-refractivity contribution in [3.63, 3.8) is 0 Å². The van der Waals surface area contributed by atoms with Crippen molar-refractivity contribution >= 4 is 11.6 Å². The number of halogens is 5. The van der Waals surface area contributed by atoms with E-state index >= 15 is 0 Å². The SMILES string of the molecule is Cc1cc(F)c(-c2c(-c3cc[c-]cc3)c(C)nn(C)c2=O)c(F)c1.Cc1cc(F)c(-c2c(Cl)nnc(C)c2-c2cc[c-]cc2)c(F)c1.[Y].[Y]. The van der Waals surface area contributed by atoms with Gasteiger partial charge in [-0.1, -0.05) is 11.6 Å². The number of hydrogen-bond acceptors (Lipinski definition) is 4. The van der Waals surface area contributed by atoms with Gasteiger partial charge in [-0.2, -0.15) is 70.9 Å². The minimum atomic E-state index is -0.765. The van der Waals surface area contributed by atoms with Gasteiger partial charge in [-0.3, -0.25) is 4.79 Å². The van der Waals surface area contributed by atoms with E-state index in [1.807, 2.05) is 0 Å². The number of hydrogen-bond donors (Lipinski definition) is 0. The first kappa shape index (κ1) is 40.5. The summed E-state index contributed by atoms with van der Waals surface area (Å²) in [7, 11) is 1.46. The molecule has 0 amide bonds. The fraction of sp³-hybridized carbons (Fsp3) is 0.135. The summed E-state index contributed by atoms with van der Waals surface area (Å²) in [4.78, 5) is 12.7. The van der Waals surface area contributed by atoms with Crippen molar-refractivity contribution in [1.29, 1.82) is 0 Å². The Hall–Kier alpha value is -2.94. The molecule has 4 aromatic carbocycles. The predicted octanol–water partition coefficient (Wildman–Crippen LogP) is 8.96. The molecule has 2 radical (unpaired) electrons. The molecule has 0 fully saturated rings. The average molecular weight is 833 g/mol. The molecule has 0 spiro atoms. The molecule has 0 saturated carbocycles. The van der Waals surface area contributed by atoms with E-state index in [1.165, 1.54) is 31.3 Å². The molecule has 0 aliphatic rings. The van der Waals surface area contributed by atoms with Crippen molar-refractivity contribution in [1.82, 2.24) is 20.0 Å². The fourth-order valence-corrected chi connectivity index (χ4v) is 5.65. The smallest absolute Gasteiger partial charge is 0.267 e. The van der Waals surface area contributed by atoms with Crippen LogP contribution in [-0.4, -0.2) is 20.0 Å². The van der Waals surface area contributed by atoms with Crippen LogP contribution in [0.1, 0.15) is 22.5 Å². The second-order valence-electron chi connectivity index (χ2n) is 10.9. The standard InChI is InChI=1S/C19H15F2N2O.C18H12ClF2N2.2Y/c1-11-9-14(20)17(15(21)10-11)18-16(13-7-5-4-6-8-13)12(2)22-23(3)19(18)24;1-10-8-13(20)16(14(21)9-10)17-15(11(2)22-23-18(17)19)12-6-4-3-5-7-12;;/h5-10H,1-3H3;4-9H,1-2H3;;/q2*-1;;. The van der Waals surface area contributed by atoms with E-state index in [2.05, 4.69) is 27.4 Å². The van der Waals surface area contributed by atoms with E-state index in [1.54, 1.807) is 76.2 Å². The van der Waals surface area contributed by atoms with Crippen LogP contribution in [0.4, 0.5) is 17.6 Å². The van der Waals surface area contributed by atoms with Crippen LogP contribution in [0.3, 0.4) is 0 Å². The zero-order chi connectivity index (χ0) is 34.0. The van der Waals surface area contributed by atoms with Gasteiger partial charge in [-0.15, -0.1) is 16.2 Å². The minimum absolute atomic E-state index is 0. The third kappa shape index (κ3) is 8.69. The molecule has 0 saturated heterocycles. The molecule has 0 N–H and O–H groups in total. The maximum absolute atomic E-state index is 14.5. The summed E-state index contributed by atoms with van der Waals surface area (Å²) in [6.45, 7) is 6.66. The Morgan fingerprint density at radius 2 is 0.980 bits per heavy atom. The van der Waals surface area contributed by atoms with E-state index in [0.717, 1.165) is 10.2 Å². The normalized spacial score (nSPS) is 10.4. The molecule has 49 heavy (non-hydrogen) atoms. The summed E-state index contributed by atoms with van der Waals surface area (Å²) in [6.07, 6.45) is 0. The van der Waals surface area contributed by atoms with Crippen LogP contribution in [-0.2, 0) is 72.5 Å². The van der Waals surface area contributed by atoms with Crippen LogP contribution >= 0.6 is 11.6 Å². The molecular weight excluding hydrogens is 806 g/mol. The van der Waals surface area contributed by atoms with Gasteiger partial charge in [0.15, 0.2) is 5.15 Å². The van der Waals surface area contributed by atoms with Gasteiger partial charge in [0.1, 0.15) is 23.3 Å². The quantitative estimate of drug-likeness (QED) is 0.132. The van der Waals surface area contributed by atoms with Gasteiger partial charge in [0.2, 0.25) is 0 Å². The van der Waals surface area contributed by atoms with Crippen molar-refractivity contribution in [3.05, 3.63) is 146 Å². The number of aryl methyl sites for hydroxylation is 5. The molecule has 0 bridgehead atoms. The summed E-state index contributed by atoms with van der Waals surface area (Å²) in [5, 5.41) is 11.9. The molecular formula is C37H27ClF4N4OY2-2. The third-order valence-corrected chi connectivity index (χ3v) is 7.68. The van der Waals surface area contributed by atoms with Gasteiger partial charge < -0.3 is 0 Å². The van der Waals surface area contributed by atoms with Gasteiger partial charge in [-0.25, -0.2) is 22.2 Å². The first-order valence-electron chi connectivity index (χ1n) is 14.3. The van der Waals surface area contributed by atoms with Crippen LogP contribution in [0.25, 0.3) is 44.5 Å². The maximum atomic E-state index is 14.5. The fourth-order valence-electron chi connectivity index (χ4n) is 5.42. The maximum Gasteiger partial charge on any atom is 0.275 e. The summed E-state index contributed by atoms with van der Waals surface area (Å²) < 4.78 is 59.0. The summed E-state index contributed by atoms with van der Waals surface area (Å²) in [5.74, 6) is -2.89. The molecule has 0 aliphatic heterocycles. The molecule has 0 aliphatic carbocycles. The summed E-state index contributed by atoms with van der Waals surface area (Å²) in [6, 6.07) is 24.6. The second-order valence-corrected chi connectivity index (χ2v) is 11.2. The number of nitrogens with zero attached hydrogens (tertiary/aromatic N) is 4. The van der Waals surface area contributed by atoms with Gasteiger partial charge in [0.05, 0.1) is 28.1 Å². The first-order valence-corrected chi connectivity index (χ1v) is 14.7. The van der Waals surface area contributed by atoms with Crippen LogP contribution in [0, 0.1) is 63.1 Å². The second kappa shape index (κ2) is 17.3. The van der Waals surface area contributed by atoms with E-state index in [-0.39, 0.29) is 92.8 Å². The van der Waals surface area contributed by atoms with E-state index < -0.39 is 28.8 Å². The Bertz CT molecular complexity index is 2140. The largest absolute Gasteiger partial charge is 0.275 e. The van der Waals surface area contributed by atoms with Gasteiger partial charge in [0.25, 0.3) is 5.56 Å². The van der Waals surface area contributed by atoms with Crippen LogP contribution in [0.2, 0.25) is 5.15 Å². The molecule has 6 aromatic rings. The zero-order valence-corrected chi connectivity index (χ0v) is 33.6. The Morgan fingerprint density at radius 1 is 0.592 bits per heavy atom. The first-order chi connectivity index (χ1) is 22.4. The Morgan fingerprint density at radius 3 is 1.41 bits per heavy atom. The van der Waals surface area contributed by atoms with Gasteiger partial charge >= 0.3 is 0 Å². The zero-order valence-electron chi connectivity index (χ0n) is 27.2. The Kier molecular flexibility index (Phi) is 14.3. The van der Waals surface area contributed by atoms with E-state index in [4.69, 9.17) is 11.6 Å². The van der Waals surface area contributed by atoms with E-state index in [9.17, 15) is 22.4 Å². The third-order valence-electron chi connectivity index (χ3n) is 7.41. The summed E-state index contributed by atoms with van der Waals surface area (Å²) >= 11 is 6.15. The molecule has 2 aromatic heterocycles. The molecule has 12 heteroatoms. The van der Waals surface area contributed by atoms with Crippen molar-refractivity contribution in [3.8, 4) is 44.5 Å². The molecule has 244 valence electrons.